The Morgan fingerprint density at radius 2 is 2.23 bits per heavy atom. The second-order valence-electron chi connectivity index (χ2n) is 7.68. The van der Waals surface area contributed by atoms with Crippen LogP contribution in [-0.4, -0.2) is 54.3 Å². The average molecular weight is 358 g/mol. The van der Waals surface area contributed by atoms with Crippen LogP contribution in [0.4, 0.5) is 5.69 Å². The monoisotopic (exact) mass is 358 g/mol. The molecule has 5 heterocycles. The number of Topliss-reactive ketones (excluding diaryl/α,β-unsaturated/α-hetero) is 1. The zero-order valence-electron chi connectivity index (χ0n) is 14.8. The maximum atomic E-state index is 13.5. The Hall–Kier alpha value is -1.80. The Bertz CT molecular complexity index is 813. The molecule has 1 amide bonds. The molecule has 6 atom stereocenters. The van der Waals surface area contributed by atoms with Crippen molar-refractivity contribution in [2.75, 3.05) is 18.8 Å². The number of carbonyl (C=O) groups is 2. The van der Waals surface area contributed by atoms with Gasteiger partial charge >= 0.3 is 0 Å². The van der Waals surface area contributed by atoms with Gasteiger partial charge in [0.2, 0.25) is 0 Å². The fraction of sp³-hybridized carbons (Fsp3) is 0.579. The lowest BCUT2D eigenvalue weighted by molar-refractivity contribution is -0.197. The Morgan fingerprint density at radius 1 is 1.46 bits per heavy atom. The number of para-hydroxylation sites is 1. The number of rotatable bonds is 3. The predicted molar refractivity (Wildman–Crippen MR) is 91.4 cm³/mol. The number of hydrogen-bond acceptors (Lipinski definition) is 6. The van der Waals surface area contributed by atoms with E-state index in [0.717, 1.165) is 5.56 Å². The molecule has 6 rings (SSSR count). The molecule has 2 N–H and O–H groups in total. The number of hydrogen-bond donors (Lipinski definition) is 2. The molecular formula is C19H22N2O5. The van der Waals surface area contributed by atoms with Crippen molar-refractivity contribution in [2.24, 2.45) is 5.92 Å². The van der Waals surface area contributed by atoms with Gasteiger partial charge < -0.3 is 9.84 Å². The third kappa shape index (κ3) is 1.55. The van der Waals surface area contributed by atoms with Crippen molar-refractivity contribution < 1.29 is 24.3 Å². The standard InChI is InChI=1S/C19H22N2O5/c1-3-14(22)19-11-9-26-16(15(19)23)18(8-12(11)20-19)10-6-4-5-7-13(10)21(25-2)17(18)24/h4-7,11-12,15-16,20,23H,3,8-9H2,1-2H3/t11-,12+,15+,16-,18+,19-/m1/s1. The van der Waals surface area contributed by atoms with E-state index in [-0.39, 0.29) is 23.7 Å². The number of hydroxylamine groups is 1. The quantitative estimate of drug-likeness (QED) is 0.808. The van der Waals surface area contributed by atoms with Crippen LogP contribution < -0.4 is 10.4 Å². The molecular weight excluding hydrogens is 336 g/mol. The molecule has 138 valence electrons. The van der Waals surface area contributed by atoms with Crippen LogP contribution in [0.2, 0.25) is 0 Å². The normalized spacial score (nSPS) is 42.6. The van der Waals surface area contributed by atoms with E-state index in [4.69, 9.17) is 9.57 Å². The summed E-state index contributed by atoms with van der Waals surface area (Å²) in [6.45, 7) is 2.17. The number of anilines is 1. The Balaban J connectivity index is 1.71. The number of nitrogens with zero attached hydrogens (tertiary/aromatic N) is 1. The summed E-state index contributed by atoms with van der Waals surface area (Å²) < 4.78 is 6.05. The average Bonchev–Trinajstić information content (AvgIpc) is 2.73. The minimum atomic E-state index is -1.08. The van der Waals surface area contributed by atoms with Crippen LogP contribution in [0, 0.1) is 5.92 Å². The zero-order valence-corrected chi connectivity index (χ0v) is 14.8. The minimum absolute atomic E-state index is 0.0149. The van der Waals surface area contributed by atoms with Crippen molar-refractivity contribution in [1.82, 2.24) is 5.32 Å². The van der Waals surface area contributed by atoms with Gasteiger partial charge in [-0.25, -0.2) is 0 Å². The molecule has 0 unspecified atom stereocenters. The van der Waals surface area contributed by atoms with E-state index >= 15 is 0 Å². The molecule has 4 fully saturated rings. The highest BCUT2D eigenvalue weighted by molar-refractivity contribution is 6.08. The van der Waals surface area contributed by atoms with Crippen LogP contribution in [0.15, 0.2) is 24.3 Å². The first kappa shape index (κ1) is 16.4. The number of carbonyl (C=O) groups excluding carboxylic acids is 2. The van der Waals surface area contributed by atoms with E-state index < -0.39 is 23.2 Å². The fourth-order valence-corrected chi connectivity index (χ4v) is 5.73. The smallest absolute Gasteiger partial charge is 0.264 e. The van der Waals surface area contributed by atoms with Crippen molar-refractivity contribution in [2.45, 2.75) is 49.0 Å². The van der Waals surface area contributed by atoms with Gasteiger partial charge in [-0.2, -0.15) is 5.06 Å². The third-order valence-corrected chi connectivity index (χ3v) is 6.87. The second-order valence-corrected chi connectivity index (χ2v) is 7.68. The summed E-state index contributed by atoms with van der Waals surface area (Å²) in [6, 6.07) is 7.40. The number of aliphatic hydroxyl groups is 1. The Morgan fingerprint density at radius 3 is 2.96 bits per heavy atom. The summed E-state index contributed by atoms with van der Waals surface area (Å²) in [5, 5.41) is 15.9. The Labute approximate surface area is 151 Å². The van der Waals surface area contributed by atoms with Crippen molar-refractivity contribution in [3.05, 3.63) is 29.8 Å². The highest BCUT2D eigenvalue weighted by atomic mass is 16.7. The first-order chi connectivity index (χ1) is 12.5. The van der Waals surface area contributed by atoms with Crippen LogP contribution in [0.1, 0.15) is 25.3 Å². The lowest BCUT2D eigenvalue weighted by Gasteiger charge is -2.58. The van der Waals surface area contributed by atoms with Gasteiger partial charge in [-0.1, -0.05) is 25.1 Å². The van der Waals surface area contributed by atoms with E-state index in [1.807, 2.05) is 24.3 Å². The van der Waals surface area contributed by atoms with Gasteiger partial charge in [-0.15, -0.1) is 0 Å². The minimum Gasteiger partial charge on any atom is -0.388 e. The third-order valence-electron chi connectivity index (χ3n) is 6.87. The summed E-state index contributed by atoms with van der Waals surface area (Å²) in [5.74, 6) is -0.365. The van der Waals surface area contributed by atoms with Gasteiger partial charge in [0.25, 0.3) is 5.91 Å². The van der Waals surface area contributed by atoms with E-state index in [1.165, 1.54) is 12.2 Å². The molecule has 4 bridgehead atoms. The molecule has 0 saturated carbocycles. The number of benzene rings is 1. The van der Waals surface area contributed by atoms with Gasteiger partial charge in [0.15, 0.2) is 5.78 Å². The molecule has 7 heteroatoms. The number of aliphatic hydroxyl groups excluding tert-OH is 1. The lowest BCUT2D eigenvalue weighted by Crippen LogP contribution is -2.82. The van der Waals surface area contributed by atoms with Crippen LogP contribution in [-0.2, 0) is 24.6 Å². The summed E-state index contributed by atoms with van der Waals surface area (Å²) >= 11 is 0. The molecule has 1 aromatic rings. The van der Waals surface area contributed by atoms with Crippen molar-refractivity contribution in [3.63, 3.8) is 0 Å². The molecule has 0 radical (unpaired) electrons. The summed E-state index contributed by atoms with van der Waals surface area (Å²) in [7, 11) is 1.46. The first-order valence-corrected chi connectivity index (χ1v) is 9.11. The van der Waals surface area contributed by atoms with Crippen molar-refractivity contribution in [3.8, 4) is 0 Å². The first-order valence-electron chi connectivity index (χ1n) is 9.11. The van der Waals surface area contributed by atoms with E-state index in [2.05, 4.69) is 5.32 Å². The number of nitrogens with one attached hydrogen (secondary N) is 1. The molecule has 4 saturated heterocycles. The predicted octanol–water partition coefficient (Wildman–Crippen LogP) is 0.302. The highest BCUT2D eigenvalue weighted by Crippen LogP contribution is 2.58. The van der Waals surface area contributed by atoms with E-state index in [1.54, 1.807) is 6.92 Å². The topological polar surface area (TPSA) is 88.1 Å². The van der Waals surface area contributed by atoms with Crippen molar-refractivity contribution >= 4 is 17.4 Å². The summed E-state index contributed by atoms with van der Waals surface area (Å²) in [6.07, 6.45) is -1.06. The summed E-state index contributed by atoms with van der Waals surface area (Å²) in [5.41, 5.74) is -0.578. The van der Waals surface area contributed by atoms with Gasteiger partial charge in [0.05, 0.1) is 19.4 Å². The molecule has 1 aromatic carbocycles. The molecule has 26 heavy (non-hydrogen) atoms. The number of ether oxygens (including phenoxy) is 1. The lowest BCUT2D eigenvalue weighted by atomic mass is 9.64. The Kier molecular flexibility index (Phi) is 3.23. The van der Waals surface area contributed by atoms with E-state index in [9.17, 15) is 14.7 Å². The molecule has 0 aromatic heterocycles. The van der Waals surface area contributed by atoms with Gasteiger partial charge in [0, 0.05) is 18.4 Å². The largest absolute Gasteiger partial charge is 0.388 e. The number of fused-ring (bicyclic) bond motifs is 2. The van der Waals surface area contributed by atoms with E-state index in [0.29, 0.717) is 25.1 Å². The van der Waals surface area contributed by atoms with Crippen LogP contribution in [0.3, 0.4) is 0 Å². The SMILES string of the molecule is CCC(=O)[C@]12N[C@H]3C[C@@]4(C(=O)N(OC)c5ccccc54)[C@H](OC[C@H]31)[C@@H]2O. The maximum absolute atomic E-state index is 13.5. The van der Waals surface area contributed by atoms with Crippen LogP contribution in [0.25, 0.3) is 0 Å². The van der Waals surface area contributed by atoms with Crippen LogP contribution in [0.5, 0.6) is 0 Å². The van der Waals surface area contributed by atoms with Crippen LogP contribution >= 0.6 is 0 Å². The van der Waals surface area contributed by atoms with Crippen molar-refractivity contribution in [1.29, 1.82) is 0 Å². The number of amides is 1. The molecule has 0 aliphatic carbocycles. The molecule has 5 aliphatic heterocycles. The molecule has 7 nitrogen and oxygen atoms in total. The van der Waals surface area contributed by atoms with Gasteiger partial charge in [-0.3, -0.25) is 19.7 Å². The second kappa shape index (κ2) is 5.13. The fourth-order valence-electron chi connectivity index (χ4n) is 5.73. The highest BCUT2D eigenvalue weighted by Gasteiger charge is 2.75. The molecule has 5 aliphatic rings. The van der Waals surface area contributed by atoms with Gasteiger partial charge in [0.1, 0.15) is 23.2 Å². The number of ketones is 1. The zero-order chi connectivity index (χ0) is 18.3. The molecule has 1 spiro atoms. The van der Waals surface area contributed by atoms with Gasteiger partial charge in [-0.05, 0) is 18.1 Å². The summed E-state index contributed by atoms with van der Waals surface area (Å²) in [4.78, 5) is 31.6. The maximum Gasteiger partial charge on any atom is 0.264 e.